The number of sulfonamides is 1. The first-order chi connectivity index (χ1) is 26.9. The average Bonchev–Trinajstić information content (AvgIpc) is 3.13. The lowest BCUT2D eigenvalue weighted by molar-refractivity contribution is -0.224. The monoisotopic (exact) mass is 828 g/mol. The number of fused-ring (bicyclic) bond motifs is 5. The number of carbonyl (C=O) groups is 1. The number of hydrogen-bond acceptors (Lipinski definition) is 7. The van der Waals surface area contributed by atoms with Gasteiger partial charge in [0.1, 0.15) is 0 Å². The zero-order chi connectivity index (χ0) is 43.3. The van der Waals surface area contributed by atoms with Gasteiger partial charge in [0.15, 0.2) is 0 Å². The van der Waals surface area contributed by atoms with E-state index in [2.05, 4.69) is 93.9 Å². The van der Waals surface area contributed by atoms with Gasteiger partial charge in [0.2, 0.25) is 10.0 Å². The summed E-state index contributed by atoms with van der Waals surface area (Å²) >= 11 is 0. The van der Waals surface area contributed by atoms with Crippen molar-refractivity contribution in [2.24, 2.45) is 62.1 Å². The summed E-state index contributed by atoms with van der Waals surface area (Å²) in [7, 11) is -0.154. The molecule has 0 heterocycles. The summed E-state index contributed by atoms with van der Waals surface area (Å²) in [6, 6.07) is 6.51. The zero-order valence-corrected chi connectivity index (χ0v) is 39.9. The van der Waals surface area contributed by atoms with E-state index in [0.717, 1.165) is 56.9 Å². The molecule has 3 saturated carbocycles. The fourth-order valence-electron chi connectivity index (χ4n) is 12.9. The van der Waals surface area contributed by atoms with Crippen molar-refractivity contribution in [3.8, 4) is 0 Å². The maximum absolute atomic E-state index is 14.6. The molecule has 0 spiro atoms. The second-order valence-electron chi connectivity index (χ2n) is 21.9. The predicted octanol–water partition coefficient (Wildman–Crippen LogP) is 10.6. The van der Waals surface area contributed by atoms with Crippen molar-refractivity contribution in [3.63, 3.8) is 0 Å². The molecule has 11 atom stereocenters. The lowest BCUT2D eigenvalue weighted by atomic mass is 9.34. The summed E-state index contributed by atoms with van der Waals surface area (Å²) in [6.45, 7) is 30.5. The van der Waals surface area contributed by atoms with E-state index in [0.29, 0.717) is 31.0 Å². The molecule has 1 aromatic rings. The molecule has 9 heteroatoms. The first-order valence-electron chi connectivity index (χ1n) is 22.5. The Morgan fingerprint density at radius 2 is 1.62 bits per heavy atom. The van der Waals surface area contributed by atoms with Gasteiger partial charge in [0.25, 0.3) is 0 Å². The number of benzene rings is 1. The summed E-state index contributed by atoms with van der Waals surface area (Å²) in [5.74, 6) is 1.17. The molecule has 5 rings (SSSR count). The molecule has 4 aliphatic rings. The third-order valence-corrected chi connectivity index (χ3v) is 18.5. The Morgan fingerprint density at radius 3 is 2.19 bits per heavy atom. The van der Waals surface area contributed by atoms with Crippen molar-refractivity contribution < 1.29 is 32.2 Å². The second kappa shape index (κ2) is 17.2. The highest BCUT2D eigenvalue weighted by Gasteiger charge is 2.70. The van der Waals surface area contributed by atoms with Gasteiger partial charge in [0.05, 0.1) is 48.9 Å². The molecule has 0 aliphatic heterocycles. The molecule has 4 aliphatic carbocycles. The Morgan fingerprint density at radius 1 is 0.966 bits per heavy atom. The van der Waals surface area contributed by atoms with Crippen molar-refractivity contribution in [1.29, 1.82) is 0 Å². The lowest BCUT2D eigenvalue weighted by Gasteiger charge is -2.70. The van der Waals surface area contributed by atoms with Crippen LogP contribution < -0.4 is 4.72 Å². The van der Waals surface area contributed by atoms with Crippen molar-refractivity contribution in [2.45, 2.75) is 165 Å². The number of rotatable bonds is 15. The van der Waals surface area contributed by atoms with E-state index in [1.165, 1.54) is 5.57 Å². The molecular weight excluding hydrogens is 747 g/mol. The summed E-state index contributed by atoms with van der Waals surface area (Å²) in [6.07, 6.45) is 9.63. The number of esters is 1. The van der Waals surface area contributed by atoms with Gasteiger partial charge in [-0.3, -0.25) is 4.79 Å². The molecule has 0 unspecified atom stereocenters. The quantitative estimate of drug-likeness (QED) is 0.107. The standard InChI is InChI=1S/C49H81NO7S/c1-16-17-28-56-43(51)41-46(11,34(5)32(2)3)26-27-47(12)36-22-23-39-45(9,10)42(38(55-15)29-49(39,31-54-14)37(36)24-25-48(41,47)13)57-30-40(44(6,7)8)50-58(52,53)35-20-18-33(4)19-21-35/h18-21,24,32,34,36,38-42,50H,16-17,22-23,25-31H2,1-15H3/t34-,36+,38-,39+,40+,41-,42+,46-,47-,48+,49+/m1/s1. The van der Waals surface area contributed by atoms with Crippen LogP contribution in [-0.2, 0) is 33.8 Å². The largest absolute Gasteiger partial charge is 0.465 e. The minimum absolute atomic E-state index is 0.00182. The molecule has 0 radical (unpaired) electrons. The number of aryl methyl sites for hydroxylation is 1. The van der Waals surface area contributed by atoms with Crippen LogP contribution in [0.4, 0.5) is 0 Å². The van der Waals surface area contributed by atoms with Crippen molar-refractivity contribution in [2.75, 3.05) is 34.0 Å². The number of nitrogens with one attached hydrogen (secondary N) is 1. The Labute approximate surface area is 353 Å². The Kier molecular flexibility index (Phi) is 14.0. The minimum Gasteiger partial charge on any atom is -0.465 e. The Bertz CT molecular complexity index is 1730. The number of carbonyl (C=O) groups excluding carboxylic acids is 1. The van der Waals surface area contributed by atoms with E-state index < -0.39 is 21.5 Å². The molecule has 1 N–H and O–H groups in total. The summed E-state index contributed by atoms with van der Waals surface area (Å²) in [4.78, 5) is 14.8. The summed E-state index contributed by atoms with van der Waals surface area (Å²) < 4.78 is 56.3. The second-order valence-corrected chi connectivity index (χ2v) is 23.6. The van der Waals surface area contributed by atoms with Gasteiger partial charge in [-0.05, 0) is 115 Å². The number of allylic oxidation sites excluding steroid dienone is 1. The maximum atomic E-state index is 14.6. The highest BCUT2D eigenvalue weighted by atomic mass is 32.2. The molecule has 330 valence electrons. The lowest BCUT2D eigenvalue weighted by Crippen LogP contribution is -2.67. The Balaban J connectivity index is 1.51. The van der Waals surface area contributed by atoms with Crippen LogP contribution in [0.3, 0.4) is 0 Å². The average molecular weight is 828 g/mol. The predicted molar refractivity (Wildman–Crippen MR) is 234 cm³/mol. The van der Waals surface area contributed by atoms with Gasteiger partial charge in [-0.15, -0.1) is 0 Å². The summed E-state index contributed by atoms with van der Waals surface area (Å²) in [5, 5.41) is 0. The molecule has 1 aromatic carbocycles. The van der Waals surface area contributed by atoms with Gasteiger partial charge in [-0.2, -0.15) is 0 Å². The van der Waals surface area contributed by atoms with E-state index in [4.69, 9.17) is 18.9 Å². The fourth-order valence-corrected chi connectivity index (χ4v) is 14.3. The van der Waals surface area contributed by atoms with E-state index in [1.807, 2.05) is 26.2 Å². The topological polar surface area (TPSA) is 100 Å². The minimum atomic E-state index is -3.78. The molecule has 0 bridgehead atoms. The third-order valence-electron chi connectivity index (χ3n) is 17.0. The molecule has 0 saturated heterocycles. The van der Waals surface area contributed by atoms with Crippen LogP contribution in [0.15, 0.2) is 40.8 Å². The highest BCUT2D eigenvalue weighted by molar-refractivity contribution is 7.89. The molecule has 8 nitrogen and oxygen atoms in total. The van der Waals surface area contributed by atoms with Crippen LogP contribution in [0.2, 0.25) is 0 Å². The molecule has 0 aromatic heterocycles. The first-order valence-corrected chi connectivity index (χ1v) is 24.0. The number of unbranched alkanes of at least 4 members (excludes halogenated alkanes) is 1. The van der Waals surface area contributed by atoms with Crippen LogP contribution >= 0.6 is 0 Å². The van der Waals surface area contributed by atoms with Crippen molar-refractivity contribution >= 4 is 16.0 Å². The van der Waals surface area contributed by atoms with Crippen molar-refractivity contribution in [3.05, 3.63) is 41.5 Å². The van der Waals surface area contributed by atoms with Gasteiger partial charge < -0.3 is 18.9 Å². The zero-order valence-electron chi connectivity index (χ0n) is 39.0. The third kappa shape index (κ3) is 8.16. The van der Waals surface area contributed by atoms with Crippen LogP contribution in [0.5, 0.6) is 0 Å². The van der Waals surface area contributed by atoms with E-state index in [1.54, 1.807) is 19.2 Å². The first kappa shape index (κ1) is 47.3. The van der Waals surface area contributed by atoms with Crippen LogP contribution in [0.25, 0.3) is 0 Å². The molecule has 3 fully saturated rings. The Hall–Kier alpha value is -1.78. The highest BCUT2D eigenvalue weighted by Crippen LogP contribution is 2.74. The van der Waals surface area contributed by atoms with Crippen molar-refractivity contribution in [1.82, 2.24) is 4.72 Å². The normalized spacial score (nSPS) is 35.9. The van der Waals surface area contributed by atoms with E-state index in [-0.39, 0.29) is 68.6 Å². The SMILES string of the molecule is CCCCOC(=O)[C@@H]1[C@@](C)([C@H](C)C(C)C)CC[C@]2(C)[C@H]3CC[C@H]4C(C)(C)[C@@H](OC[C@H](NS(=O)(=O)c5ccc(C)cc5)C(C)(C)C)[C@H](OC)C[C@]4(COC)C3=CC[C@@]12C. The van der Waals surface area contributed by atoms with Crippen LogP contribution in [-0.4, -0.2) is 66.7 Å². The number of ether oxygens (including phenoxy) is 4. The summed E-state index contributed by atoms with van der Waals surface area (Å²) in [5.41, 5.74) is 0.948. The number of hydrogen-bond donors (Lipinski definition) is 1. The van der Waals surface area contributed by atoms with Crippen LogP contribution in [0, 0.1) is 69.0 Å². The van der Waals surface area contributed by atoms with Crippen LogP contribution in [0.1, 0.15) is 140 Å². The maximum Gasteiger partial charge on any atom is 0.310 e. The smallest absolute Gasteiger partial charge is 0.310 e. The fraction of sp³-hybridized carbons (Fsp3) is 0.816. The molecule has 0 amide bonds. The van der Waals surface area contributed by atoms with E-state index >= 15 is 0 Å². The molecular formula is C49H81NO7S. The van der Waals surface area contributed by atoms with Gasteiger partial charge >= 0.3 is 5.97 Å². The number of methoxy groups -OCH3 is 2. The van der Waals surface area contributed by atoms with Gasteiger partial charge in [-0.1, -0.05) is 119 Å². The van der Waals surface area contributed by atoms with Gasteiger partial charge in [-0.25, -0.2) is 13.1 Å². The molecule has 58 heavy (non-hydrogen) atoms. The van der Waals surface area contributed by atoms with E-state index in [9.17, 15) is 13.2 Å². The van der Waals surface area contributed by atoms with Gasteiger partial charge in [0, 0.05) is 19.6 Å².